The average molecular weight is 337 g/mol. The number of benzene rings is 1. The molecular formula is C17H25BrN2. The van der Waals surface area contributed by atoms with Gasteiger partial charge in [0.15, 0.2) is 0 Å². The first-order chi connectivity index (χ1) is 9.40. The van der Waals surface area contributed by atoms with E-state index in [0.29, 0.717) is 6.04 Å². The van der Waals surface area contributed by atoms with E-state index < -0.39 is 0 Å². The maximum Gasteiger partial charge on any atom is 0.0416 e. The van der Waals surface area contributed by atoms with Crippen LogP contribution in [-0.2, 0) is 0 Å². The third-order valence-corrected chi connectivity index (χ3v) is 4.53. The summed E-state index contributed by atoms with van der Waals surface area (Å²) in [7, 11) is 0. The molecule has 1 aliphatic rings. The molecule has 20 heavy (non-hydrogen) atoms. The van der Waals surface area contributed by atoms with Crippen LogP contribution >= 0.6 is 15.9 Å². The summed E-state index contributed by atoms with van der Waals surface area (Å²) in [5.41, 5.74) is 2.64. The Bertz CT molecular complexity index is 468. The van der Waals surface area contributed by atoms with Gasteiger partial charge in [-0.25, -0.2) is 0 Å². The summed E-state index contributed by atoms with van der Waals surface area (Å²) in [6, 6.07) is 6.89. The van der Waals surface area contributed by atoms with Gasteiger partial charge in [0.05, 0.1) is 0 Å². The molecule has 3 heteroatoms. The Balaban J connectivity index is 1.98. The summed E-state index contributed by atoms with van der Waals surface area (Å²) >= 11 is 3.51. The highest BCUT2D eigenvalue weighted by Gasteiger charge is 2.26. The number of rotatable bonds is 3. The first kappa shape index (κ1) is 15.6. The standard InChI is InChI=1S/C17H25BrN2/c1-5-13-12-14(18)6-7-16(13)19-15-8-10-20(11-9-15)17(2,3)4/h5-7,12,15,19H,1,8-11H2,2-4H3. The van der Waals surface area contributed by atoms with Crippen LogP contribution in [0.15, 0.2) is 29.3 Å². The molecule has 0 aromatic heterocycles. The summed E-state index contributed by atoms with van der Waals surface area (Å²) in [5.74, 6) is 0. The fourth-order valence-corrected chi connectivity index (χ4v) is 3.13. The second-order valence-corrected chi connectivity index (χ2v) is 7.43. The van der Waals surface area contributed by atoms with Crippen molar-refractivity contribution in [1.29, 1.82) is 0 Å². The van der Waals surface area contributed by atoms with Crippen molar-refractivity contribution in [3.05, 3.63) is 34.8 Å². The number of hydrogen-bond donors (Lipinski definition) is 1. The molecule has 0 atom stereocenters. The maximum atomic E-state index is 3.90. The SMILES string of the molecule is C=Cc1cc(Br)ccc1NC1CCN(C(C)(C)C)CC1. The smallest absolute Gasteiger partial charge is 0.0416 e. The van der Waals surface area contributed by atoms with Gasteiger partial charge in [0.25, 0.3) is 0 Å². The molecule has 1 N–H and O–H groups in total. The largest absolute Gasteiger partial charge is 0.382 e. The Morgan fingerprint density at radius 2 is 1.95 bits per heavy atom. The molecule has 0 saturated carbocycles. The van der Waals surface area contributed by atoms with E-state index >= 15 is 0 Å². The van der Waals surface area contributed by atoms with Gasteiger partial charge >= 0.3 is 0 Å². The topological polar surface area (TPSA) is 15.3 Å². The van der Waals surface area contributed by atoms with Crippen molar-refractivity contribution in [1.82, 2.24) is 4.90 Å². The van der Waals surface area contributed by atoms with E-state index in [2.05, 4.69) is 71.7 Å². The van der Waals surface area contributed by atoms with Crippen LogP contribution in [0.2, 0.25) is 0 Å². The molecule has 0 radical (unpaired) electrons. The molecule has 0 unspecified atom stereocenters. The molecule has 0 spiro atoms. The Morgan fingerprint density at radius 1 is 1.30 bits per heavy atom. The van der Waals surface area contributed by atoms with E-state index in [0.717, 1.165) is 10.0 Å². The lowest BCUT2D eigenvalue weighted by Gasteiger charge is -2.41. The van der Waals surface area contributed by atoms with E-state index in [1.54, 1.807) is 0 Å². The predicted molar refractivity (Wildman–Crippen MR) is 92.2 cm³/mol. The van der Waals surface area contributed by atoms with Crippen LogP contribution in [0.4, 0.5) is 5.69 Å². The first-order valence-electron chi connectivity index (χ1n) is 7.34. The van der Waals surface area contributed by atoms with Crippen LogP contribution in [0, 0.1) is 0 Å². The molecule has 1 fully saturated rings. The molecule has 2 rings (SSSR count). The number of anilines is 1. The van der Waals surface area contributed by atoms with Crippen LogP contribution in [0.5, 0.6) is 0 Å². The Hall–Kier alpha value is -0.800. The van der Waals surface area contributed by atoms with Crippen LogP contribution in [-0.4, -0.2) is 29.6 Å². The number of hydrogen-bond acceptors (Lipinski definition) is 2. The summed E-state index contributed by atoms with van der Waals surface area (Å²) in [6.45, 7) is 13.1. The quantitative estimate of drug-likeness (QED) is 0.855. The molecule has 1 aliphatic heterocycles. The highest BCUT2D eigenvalue weighted by atomic mass is 79.9. The van der Waals surface area contributed by atoms with E-state index in [-0.39, 0.29) is 5.54 Å². The van der Waals surface area contributed by atoms with Gasteiger partial charge < -0.3 is 5.32 Å². The van der Waals surface area contributed by atoms with Crippen molar-refractivity contribution in [2.75, 3.05) is 18.4 Å². The zero-order chi connectivity index (χ0) is 14.8. The lowest BCUT2D eigenvalue weighted by molar-refractivity contribution is 0.106. The molecule has 2 nitrogen and oxygen atoms in total. The lowest BCUT2D eigenvalue weighted by atomic mass is 9.97. The van der Waals surface area contributed by atoms with E-state index in [1.807, 2.05) is 6.08 Å². The van der Waals surface area contributed by atoms with Gasteiger partial charge in [-0.15, -0.1) is 0 Å². The Kier molecular flexibility index (Phi) is 4.92. The minimum atomic E-state index is 0.287. The predicted octanol–water partition coefficient (Wildman–Crippen LogP) is 4.77. The summed E-state index contributed by atoms with van der Waals surface area (Å²) in [4.78, 5) is 2.57. The van der Waals surface area contributed by atoms with Crippen molar-refractivity contribution >= 4 is 27.7 Å². The zero-order valence-corrected chi connectivity index (χ0v) is 14.3. The highest BCUT2D eigenvalue weighted by Crippen LogP contribution is 2.26. The Labute approximate surface area is 131 Å². The monoisotopic (exact) mass is 336 g/mol. The second-order valence-electron chi connectivity index (χ2n) is 6.51. The van der Waals surface area contributed by atoms with Crippen LogP contribution in [0.3, 0.4) is 0 Å². The first-order valence-corrected chi connectivity index (χ1v) is 8.13. The van der Waals surface area contributed by atoms with E-state index in [4.69, 9.17) is 0 Å². The van der Waals surface area contributed by atoms with Gasteiger partial charge in [0, 0.05) is 34.8 Å². The minimum absolute atomic E-state index is 0.287. The Morgan fingerprint density at radius 3 is 2.50 bits per heavy atom. The van der Waals surface area contributed by atoms with Gasteiger partial charge in [-0.3, -0.25) is 4.90 Å². The lowest BCUT2D eigenvalue weighted by Crippen LogP contribution is -2.48. The van der Waals surface area contributed by atoms with Gasteiger partial charge in [0.1, 0.15) is 0 Å². The molecule has 110 valence electrons. The van der Waals surface area contributed by atoms with E-state index in [9.17, 15) is 0 Å². The normalized spacial score (nSPS) is 18.0. The van der Waals surface area contributed by atoms with Crippen molar-refractivity contribution in [3.63, 3.8) is 0 Å². The number of likely N-dealkylation sites (tertiary alicyclic amines) is 1. The molecule has 0 amide bonds. The summed E-state index contributed by atoms with van der Waals surface area (Å²) in [5, 5.41) is 3.68. The number of piperidine rings is 1. The number of nitrogens with one attached hydrogen (secondary N) is 1. The number of nitrogens with zero attached hydrogens (tertiary/aromatic N) is 1. The van der Waals surface area contributed by atoms with Crippen molar-refractivity contribution in [2.45, 2.75) is 45.2 Å². The molecule has 0 bridgehead atoms. The molecule has 1 aromatic carbocycles. The fraction of sp³-hybridized carbons (Fsp3) is 0.529. The van der Waals surface area contributed by atoms with Crippen molar-refractivity contribution < 1.29 is 0 Å². The molecular weight excluding hydrogens is 312 g/mol. The van der Waals surface area contributed by atoms with Gasteiger partial charge in [-0.1, -0.05) is 28.6 Å². The highest BCUT2D eigenvalue weighted by molar-refractivity contribution is 9.10. The van der Waals surface area contributed by atoms with E-state index in [1.165, 1.54) is 31.6 Å². The second kappa shape index (κ2) is 6.31. The van der Waals surface area contributed by atoms with Gasteiger partial charge in [0.2, 0.25) is 0 Å². The fourth-order valence-electron chi connectivity index (χ4n) is 2.75. The molecule has 0 aliphatic carbocycles. The minimum Gasteiger partial charge on any atom is -0.382 e. The van der Waals surface area contributed by atoms with Crippen LogP contribution in [0.25, 0.3) is 6.08 Å². The van der Waals surface area contributed by atoms with Gasteiger partial charge in [-0.2, -0.15) is 0 Å². The molecule has 1 saturated heterocycles. The summed E-state index contributed by atoms with van der Waals surface area (Å²) < 4.78 is 1.10. The average Bonchev–Trinajstić information content (AvgIpc) is 2.40. The van der Waals surface area contributed by atoms with Gasteiger partial charge in [-0.05, 0) is 57.4 Å². The maximum absolute atomic E-state index is 3.90. The summed E-state index contributed by atoms with van der Waals surface area (Å²) in [6.07, 6.45) is 4.31. The van der Waals surface area contributed by atoms with Crippen LogP contribution in [0.1, 0.15) is 39.2 Å². The molecule has 1 heterocycles. The zero-order valence-electron chi connectivity index (χ0n) is 12.7. The third-order valence-electron chi connectivity index (χ3n) is 4.04. The molecule has 1 aromatic rings. The van der Waals surface area contributed by atoms with Crippen molar-refractivity contribution in [2.24, 2.45) is 0 Å². The van der Waals surface area contributed by atoms with Crippen LogP contribution < -0.4 is 5.32 Å². The third kappa shape index (κ3) is 3.86. The van der Waals surface area contributed by atoms with Crippen molar-refractivity contribution in [3.8, 4) is 0 Å². The number of halogens is 1.